The van der Waals surface area contributed by atoms with Crippen molar-refractivity contribution in [2.75, 3.05) is 0 Å². The van der Waals surface area contributed by atoms with Crippen molar-refractivity contribution in [2.45, 2.75) is 32.7 Å². The van der Waals surface area contributed by atoms with Gasteiger partial charge in [0, 0.05) is 31.4 Å². The lowest BCUT2D eigenvalue weighted by Crippen LogP contribution is -2.31. The number of hydrogen-bond acceptors (Lipinski definition) is 4. The first-order valence-electron chi connectivity index (χ1n) is 8.39. The van der Waals surface area contributed by atoms with E-state index in [1.165, 1.54) is 12.1 Å². The van der Waals surface area contributed by atoms with E-state index in [2.05, 4.69) is 15.5 Å². The predicted octanol–water partition coefficient (Wildman–Crippen LogP) is 3.00. The van der Waals surface area contributed by atoms with E-state index in [9.17, 15) is 9.18 Å². The Bertz CT molecular complexity index is 896. The molecule has 7 heteroatoms. The zero-order valence-electron chi connectivity index (χ0n) is 15.0. The molecule has 1 amide bonds. The number of benzene rings is 1. The maximum Gasteiger partial charge on any atom is 0.221 e. The van der Waals surface area contributed by atoms with E-state index in [0.29, 0.717) is 17.8 Å². The second-order valence-electron chi connectivity index (χ2n) is 6.25. The molecule has 0 saturated carbocycles. The zero-order chi connectivity index (χ0) is 18.7. The molecular weight excluding hydrogens is 335 g/mol. The number of aromatic nitrogens is 3. The van der Waals surface area contributed by atoms with Crippen LogP contribution in [0.5, 0.6) is 0 Å². The fourth-order valence-electron chi connectivity index (χ4n) is 2.97. The van der Waals surface area contributed by atoms with Gasteiger partial charge in [-0.25, -0.2) is 9.37 Å². The highest BCUT2D eigenvalue weighted by molar-refractivity contribution is 5.77. The number of carbonyl (C=O) groups is 1. The number of rotatable bonds is 6. The standard InChI is InChI=1S/C19H21FN4O2/c1-12-16(13(2)26-23-12)7-8-17(25)22-18(19-21-9-10-24(19)3)14-5-4-6-15(20)11-14/h4-6,9-11,18H,7-8H2,1-3H3,(H,22,25)/t18-/m0/s1. The highest BCUT2D eigenvalue weighted by atomic mass is 19.1. The first kappa shape index (κ1) is 17.8. The summed E-state index contributed by atoms with van der Waals surface area (Å²) in [4.78, 5) is 16.9. The summed E-state index contributed by atoms with van der Waals surface area (Å²) in [6, 6.07) is 5.66. The van der Waals surface area contributed by atoms with Gasteiger partial charge in [-0.2, -0.15) is 0 Å². The van der Waals surface area contributed by atoms with Crippen LogP contribution < -0.4 is 5.32 Å². The molecule has 136 valence electrons. The van der Waals surface area contributed by atoms with E-state index in [1.54, 1.807) is 24.5 Å². The van der Waals surface area contributed by atoms with Gasteiger partial charge in [0.1, 0.15) is 23.4 Å². The highest BCUT2D eigenvalue weighted by Crippen LogP contribution is 2.22. The van der Waals surface area contributed by atoms with Gasteiger partial charge in [-0.05, 0) is 38.0 Å². The summed E-state index contributed by atoms with van der Waals surface area (Å²) in [7, 11) is 1.84. The summed E-state index contributed by atoms with van der Waals surface area (Å²) in [5.74, 6) is 0.858. The number of carbonyl (C=O) groups excluding carboxylic acids is 1. The zero-order valence-corrected chi connectivity index (χ0v) is 15.0. The van der Waals surface area contributed by atoms with Crippen molar-refractivity contribution in [3.63, 3.8) is 0 Å². The van der Waals surface area contributed by atoms with Gasteiger partial charge in [-0.1, -0.05) is 17.3 Å². The molecule has 0 fully saturated rings. The molecule has 0 aliphatic carbocycles. The number of nitrogens with zero attached hydrogens (tertiary/aromatic N) is 3. The number of amides is 1. The smallest absolute Gasteiger partial charge is 0.221 e. The van der Waals surface area contributed by atoms with E-state index in [0.717, 1.165) is 17.0 Å². The number of nitrogens with one attached hydrogen (secondary N) is 1. The van der Waals surface area contributed by atoms with Gasteiger partial charge in [0.2, 0.25) is 5.91 Å². The molecule has 0 bridgehead atoms. The van der Waals surface area contributed by atoms with Crippen LogP contribution in [0.1, 0.15) is 40.9 Å². The summed E-state index contributed by atoms with van der Waals surface area (Å²) in [6.07, 6.45) is 4.25. The van der Waals surface area contributed by atoms with Crippen LogP contribution >= 0.6 is 0 Å². The highest BCUT2D eigenvalue weighted by Gasteiger charge is 2.21. The largest absolute Gasteiger partial charge is 0.361 e. The molecule has 0 aliphatic rings. The summed E-state index contributed by atoms with van der Waals surface area (Å²) >= 11 is 0. The van der Waals surface area contributed by atoms with Crippen molar-refractivity contribution >= 4 is 5.91 Å². The van der Waals surface area contributed by atoms with Gasteiger partial charge < -0.3 is 14.4 Å². The van der Waals surface area contributed by atoms with Gasteiger partial charge in [-0.3, -0.25) is 4.79 Å². The number of hydrogen-bond donors (Lipinski definition) is 1. The molecule has 0 unspecified atom stereocenters. The third kappa shape index (κ3) is 3.82. The summed E-state index contributed by atoms with van der Waals surface area (Å²) in [6.45, 7) is 3.68. The second-order valence-corrected chi connectivity index (χ2v) is 6.25. The van der Waals surface area contributed by atoms with Crippen LogP contribution in [0.3, 0.4) is 0 Å². The number of halogens is 1. The van der Waals surface area contributed by atoms with E-state index in [1.807, 2.05) is 25.5 Å². The lowest BCUT2D eigenvalue weighted by molar-refractivity contribution is -0.121. The first-order chi connectivity index (χ1) is 12.5. The fourth-order valence-corrected chi connectivity index (χ4v) is 2.97. The first-order valence-corrected chi connectivity index (χ1v) is 8.39. The average Bonchev–Trinajstić information content (AvgIpc) is 3.16. The van der Waals surface area contributed by atoms with Gasteiger partial charge >= 0.3 is 0 Å². The molecule has 1 aromatic carbocycles. The Morgan fingerprint density at radius 3 is 2.81 bits per heavy atom. The summed E-state index contributed by atoms with van der Waals surface area (Å²) in [5.41, 5.74) is 2.38. The summed E-state index contributed by atoms with van der Waals surface area (Å²) < 4.78 is 20.6. The third-order valence-electron chi connectivity index (χ3n) is 4.39. The van der Waals surface area contributed by atoms with Crippen LogP contribution in [0.2, 0.25) is 0 Å². The molecule has 6 nitrogen and oxygen atoms in total. The Kier molecular flexibility index (Phi) is 5.16. The second kappa shape index (κ2) is 7.51. The normalized spacial score (nSPS) is 12.2. The minimum atomic E-state index is -0.525. The maximum atomic E-state index is 13.7. The maximum absolute atomic E-state index is 13.7. The molecule has 2 heterocycles. The van der Waals surface area contributed by atoms with Gasteiger partial charge in [-0.15, -0.1) is 0 Å². The molecule has 1 N–H and O–H groups in total. The predicted molar refractivity (Wildman–Crippen MR) is 93.9 cm³/mol. The summed E-state index contributed by atoms with van der Waals surface area (Å²) in [5, 5.41) is 6.87. The Balaban J connectivity index is 1.77. The van der Waals surface area contributed by atoms with E-state index in [4.69, 9.17) is 4.52 Å². The minimum absolute atomic E-state index is 0.151. The van der Waals surface area contributed by atoms with Crippen LogP contribution in [0, 0.1) is 19.7 Å². The van der Waals surface area contributed by atoms with E-state index in [-0.39, 0.29) is 18.1 Å². The van der Waals surface area contributed by atoms with E-state index < -0.39 is 6.04 Å². The van der Waals surface area contributed by atoms with Crippen molar-refractivity contribution in [1.29, 1.82) is 0 Å². The SMILES string of the molecule is Cc1noc(C)c1CCC(=O)N[C@@H](c1cccc(F)c1)c1nccn1C. The van der Waals surface area contributed by atoms with Gasteiger partial charge in [0.05, 0.1) is 5.69 Å². The Labute approximate surface area is 151 Å². The number of aryl methyl sites for hydroxylation is 3. The quantitative estimate of drug-likeness (QED) is 0.737. The van der Waals surface area contributed by atoms with E-state index >= 15 is 0 Å². The van der Waals surface area contributed by atoms with Crippen molar-refractivity contribution < 1.29 is 13.7 Å². The van der Waals surface area contributed by atoms with Gasteiger partial charge in [0.25, 0.3) is 0 Å². The lowest BCUT2D eigenvalue weighted by Gasteiger charge is -2.19. The molecule has 0 spiro atoms. The van der Waals surface area contributed by atoms with Crippen LogP contribution in [0.25, 0.3) is 0 Å². The Morgan fingerprint density at radius 2 is 2.19 bits per heavy atom. The molecule has 2 aromatic heterocycles. The third-order valence-corrected chi connectivity index (χ3v) is 4.39. The van der Waals surface area contributed by atoms with Crippen LogP contribution in [-0.2, 0) is 18.3 Å². The Hall–Kier alpha value is -2.96. The molecule has 0 saturated heterocycles. The van der Waals surface area contributed by atoms with Crippen molar-refractivity contribution in [2.24, 2.45) is 7.05 Å². The van der Waals surface area contributed by atoms with Crippen LogP contribution in [0.15, 0.2) is 41.2 Å². The van der Waals surface area contributed by atoms with Crippen molar-refractivity contribution in [3.05, 3.63) is 70.9 Å². The minimum Gasteiger partial charge on any atom is -0.361 e. The molecule has 3 rings (SSSR count). The van der Waals surface area contributed by atoms with Crippen molar-refractivity contribution in [1.82, 2.24) is 20.0 Å². The monoisotopic (exact) mass is 356 g/mol. The molecular formula is C19H21FN4O2. The molecule has 0 aliphatic heterocycles. The molecule has 1 atom stereocenters. The van der Waals surface area contributed by atoms with Crippen molar-refractivity contribution in [3.8, 4) is 0 Å². The average molecular weight is 356 g/mol. The van der Waals surface area contributed by atoms with Crippen LogP contribution in [0.4, 0.5) is 4.39 Å². The lowest BCUT2D eigenvalue weighted by atomic mass is 10.0. The molecule has 0 radical (unpaired) electrons. The number of imidazole rings is 1. The fraction of sp³-hybridized carbons (Fsp3) is 0.316. The topological polar surface area (TPSA) is 73.0 Å². The molecule has 3 aromatic rings. The van der Waals surface area contributed by atoms with Gasteiger partial charge in [0.15, 0.2) is 0 Å². The Morgan fingerprint density at radius 1 is 1.38 bits per heavy atom. The van der Waals surface area contributed by atoms with Crippen LogP contribution in [-0.4, -0.2) is 20.6 Å². The molecule has 26 heavy (non-hydrogen) atoms.